The Bertz CT molecular complexity index is 1000. The van der Waals surface area contributed by atoms with Crippen LogP contribution in [0.2, 0.25) is 0 Å². The Labute approximate surface area is 162 Å². The number of rotatable bonds is 7. The molecule has 0 aliphatic heterocycles. The van der Waals surface area contributed by atoms with Crippen LogP contribution in [-0.4, -0.2) is 39.7 Å². The number of esters is 1. The summed E-state index contributed by atoms with van der Waals surface area (Å²) in [6.45, 7) is -0.361. The number of fused-ring (bicyclic) bond motifs is 1. The van der Waals surface area contributed by atoms with Gasteiger partial charge in [-0.3, -0.25) is 4.79 Å². The Hall–Kier alpha value is -3.54. The molecule has 0 radical (unpaired) electrons. The van der Waals surface area contributed by atoms with Gasteiger partial charge in [-0.1, -0.05) is 18.2 Å². The zero-order chi connectivity index (χ0) is 20.1. The van der Waals surface area contributed by atoms with Crippen LogP contribution < -0.4 is 14.2 Å². The monoisotopic (exact) mass is 380 g/mol. The molecule has 0 spiro atoms. The first kappa shape index (κ1) is 19.2. The third kappa shape index (κ3) is 4.23. The molecular formula is C22H20O6. The summed E-state index contributed by atoms with van der Waals surface area (Å²) < 4.78 is 20.6. The molecule has 0 heterocycles. The van der Waals surface area contributed by atoms with Gasteiger partial charge in [0.2, 0.25) is 0 Å². The first-order valence-corrected chi connectivity index (χ1v) is 8.55. The number of ether oxygens (including phenoxy) is 4. The van der Waals surface area contributed by atoms with E-state index in [4.69, 9.17) is 18.9 Å². The first-order chi connectivity index (χ1) is 13.5. The average molecular weight is 380 g/mol. The van der Waals surface area contributed by atoms with Crippen LogP contribution in [0.5, 0.6) is 17.2 Å². The predicted octanol–water partition coefficient (Wildman–Crippen LogP) is 3.91. The molecule has 0 aliphatic carbocycles. The van der Waals surface area contributed by atoms with E-state index in [1.54, 1.807) is 25.3 Å². The molecule has 6 heteroatoms. The number of carbonyl (C=O) groups is 2. The minimum absolute atomic E-state index is 0.245. The molecule has 0 N–H and O–H groups in total. The molecule has 0 aliphatic rings. The Morgan fingerprint density at radius 3 is 1.93 bits per heavy atom. The normalized spacial score (nSPS) is 10.4. The fraction of sp³-hybridized carbons (Fsp3) is 0.182. The van der Waals surface area contributed by atoms with Gasteiger partial charge in [0, 0.05) is 11.6 Å². The van der Waals surface area contributed by atoms with E-state index in [0.29, 0.717) is 17.1 Å². The van der Waals surface area contributed by atoms with Crippen molar-refractivity contribution in [1.29, 1.82) is 0 Å². The number of hydrogen-bond acceptors (Lipinski definition) is 6. The minimum Gasteiger partial charge on any atom is -0.497 e. The summed E-state index contributed by atoms with van der Waals surface area (Å²) in [4.78, 5) is 24.7. The van der Waals surface area contributed by atoms with Crippen LogP contribution in [0.4, 0.5) is 0 Å². The standard InChI is InChI=1S/C22H20O6/c1-25-18-7-6-14-8-16(5-4-15(14)9-18)21(23)13-28-22(24)17-10-19(26-2)12-20(11-17)27-3/h4-12H,13H2,1-3H3. The molecule has 3 aromatic rings. The van der Waals surface area contributed by atoms with Crippen molar-refractivity contribution in [3.05, 3.63) is 65.7 Å². The van der Waals surface area contributed by atoms with E-state index in [1.807, 2.05) is 24.3 Å². The number of methoxy groups -OCH3 is 3. The molecule has 0 atom stereocenters. The van der Waals surface area contributed by atoms with E-state index in [-0.39, 0.29) is 18.0 Å². The van der Waals surface area contributed by atoms with Crippen molar-refractivity contribution in [3.63, 3.8) is 0 Å². The maximum atomic E-state index is 12.4. The van der Waals surface area contributed by atoms with Crippen molar-refractivity contribution in [1.82, 2.24) is 0 Å². The van der Waals surface area contributed by atoms with Crippen LogP contribution in [0, 0.1) is 0 Å². The molecular weight excluding hydrogens is 360 g/mol. The summed E-state index contributed by atoms with van der Waals surface area (Å²) >= 11 is 0. The van der Waals surface area contributed by atoms with Gasteiger partial charge < -0.3 is 18.9 Å². The number of Topliss-reactive ketones (excluding diaryl/α,β-unsaturated/α-hetero) is 1. The lowest BCUT2D eigenvalue weighted by Crippen LogP contribution is -2.14. The topological polar surface area (TPSA) is 71.1 Å². The lowest BCUT2D eigenvalue weighted by molar-refractivity contribution is 0.0474. The van der Waals surface area contributed by atoms with Crippen LogP contribution in [0.15, 0.2) is 54.6 Å². The summed E-state index contributed by atoms with van der Waals surface area (Å²) in [5.41, 5.74) is 0.711. The van der Waals surface area contributed by atoms with E-state index in [0.717, 1.165) is 16.5 Å². The highest BCUT2D eigenvalue weighted by Gasteiger charge is 2.14. The second-order valence-electron chi connectivity index (χ2n) is 6.03. The molecule has 0 saturated carbocycles. The highest BCUT2D eigenvalue weighted by molar-refractivity contribution is 6.02. The molecule has 0 unspecified atom stereocenters. The van der Waals surface area contributed by atoms with Gasteiger partial charge in [-0.15, -0.1) is 0 Å². The lowest BCUT2D eigenvalue weighted by Gasteiger charge is -2.09. The third-order valence-electron chi connectivity index (χ3n) is 4.29. The molecule has 0 saturated heterocycles. The van der Waals surface area contributed by atoms with Gasteiger partial charge in [-0.2, -0.15) is 0 Å². The maximum absolute atomic E-state index is 12.4. The van der Waals surface area contributed by atoms with Gasteiger partial charge in [0.1, 0.15) is 17.2 Å². The summed E-state index contributed by atoms with van der Waals surface area (Å²) in [5, 5.41) is 1.85. The summed E-state index contributed by atoms with van der Waals surface area (Å²) in [6, 6.07) is 15.6. The van der Waals surface area contributed by atoms with Gasteiger partial charge in [0.05, 0.1) is 26.9 Å². The quantitative estimate of drug-likeness (QED) is 0.457. The van der Waals surface area contributed by atoms with Gasteiger partial charge in [-0.25, -0.2) is 4.79 Å². The molecule has 3 rings (SSSR count). The fourth-order valence-electron chi connectivity index (χ4n) is 2.75. The van der Waals surface area contributed by atoms with E-state index in [9.17, 15) is 9.59 Å². The molecule has 0 amide bonds. The molecule has 144 valence electrons. The summed E-state index contributed by atoms with van der Waals surface area (Å²) in [6.07, 6.45) is 0. The Morgan fingerprint density at radius 2 is 1.29 bits per heavy atom. The Balaban J connectivity index is 1.71. The molecule has 0 fully saturated rings. The molecule has 28 heavy (non-hydrogen) atoms. The second-order valence-corrected chi connectivity index (χ2v) is 6.03. The van der Waals surface area contributed by atoms with Crippen LogP contribution in [0.25, 0.3) is 10.8 Å². The van der Waals surface area contributed by atoms with E-state index < -0.39 is 5.97 Å². The third-order valence-corrected chi connectivity index (χ3v) is 4.29. The summed E-state index contributed by atoms with van der Waals surface area (Å²) in [5.74, 6) is 0.747. The van der Waals surface area contributed by atoms with Gasteiger partial charge in [-0.05, 0) is 41.1 Å². The van der Waals surface area contributed by atoms with E-state index in [2.05, 4.69) is 0 Å². The number of benzene rings is 3. The van der Waals surface area contributed by atoms with Crippen molar-refractivity contribution >= 4 is 22.5 Å². The van der Waals surface area contributed by atoms with Crippen molar-refractivity contribution in [2.75, 3.05) is 27.9 Å². The van der Waals surface area contributed by atoms with Crippen LogP contribution in [0.3, 0.4) is 0 Å². The van der Waals surface area contributed by atoms with Gasteiger partial charge >= 0.3 is 5.97 Å². The Kier molecular flexibility index (Phi) is 5.79. The maximum Gasteiger partial charge on any atom is 0.338 e. The van der Waals surface area contributed by atoms with Crippen molar-refractivity contribution in [2.24, 2.45) is 0 Å². The smallest absolute Gasteiger partial charge is 0.338 e. The van der Waals surface area contributed by atoms with E-state index >= 15 is 0 Å². The lowest BCUT2D eigenvalue weighted by atomic mass is 10.0. The zero-order valence-electron chi connectivity index (χ0n) is 15.9. The SMILES string of the molecule is COc1cc(OC)cc(C(=O)OCC(=O)c2ccc3cc(OC)ccc3c2)c1. The van der Waals surface area contributed by atoms with E-state index in [1.165, 1.54) is 26.4 Å². The van der Waals surface area contributed by atoms with Crippen LogP contribution in [-0.2, 0) is 4.74 Å². The molecule has 6 nitrogen and oxygen atoms in total. The number of hydrogen-bond donors (Lipinski definition) is 0. The average Bonchev–Trinajstić information content (AvgIpc) is 2.75. The molecule has 0 aromatic heterocycles. The minimum atomic E-state index is -0.629. The van der Waals surface area contributed by atoms with Crippen molar-refractivity contribution < 1.29 is 28.5 Å². The largest absolute Gasteiger partial charge is 0.497 e. The van der Waals surface area contributed by atoms with Crippen LogP contribution >= 0.6 is 0 Å². The number of ketones is 1. The van der Waals surface area contributed by atoms with Crippen molar-refractivity contribution in [2.45, 2.75) is 0 Å². The second kappa shape index (κ2) is 8.43. The van der Waals surface area contributed by atoms with Crippen molar-refractivity contribution in [3.8, 4) is 17.2 Å². The van der Waals surface area contributed by atoms with Gasteiger partial charge in [0.25, 0.3) is 0 Å². The first-order valence-electron chi connectivity index (χ1n) is 8.55. The summed E-state index contributed by atoms with van der Waals surface area (Å²) in [7, 11) is 4.58. The highest BCUT2D eigenvalue weighted by atomic mass is 16.5. The molecule has 0 bridgehead atoms. The fourth-order valence-corrected chi connectivity index (χ4v) is 2.75. The predicted molar refractivity (Wildman–Crippen MR) is 105 cm³/mol. The van der Waals surface area contributed by atoms with Crippen LogP contribution in [0.1, 0.15) is 20.7 Å². The Morgan fingerprint density at radius 1 is 0.679 bits per heavy atom. The molecule has 3 aromatic carbocycles. The zero-order valence-corrected chi connectivity index (χ0v) is 15.9. The van der Waals surface area contributed by atoms with Gasteiger partial charge in [0.15, 0.2) is 12.4 Å². The number of carbonyl (C=O) groups excluding carboxylic acids is 2. The highest BCUT2D eigenvalue weighted by Crippen LogP contribution is 2.24.